The zero-order chi connectivity index (χ0) is 12.8. The van der Waals surface area contributed by atoms with Crippen molar-refractivity contribution in [2.75, 3.05) is 0 Å². The Morgan fingerprint density at radius 2 is 1.94 bits per heavy atom. The second-order valence-corrected chi connectivity index (χ2v) is 4.15. The summed E-state index contributed by atoms with van der Waals surface area (Å²) in [4.78, 5) is 3.96. The van der Waals surface area contributed by atoms with Gasteiger partial charge in [-0.3, -0.25) is 10.3 Å². The van der Waals surface area contributed by atoms with Gasteiger partial charge in [-0.15, -0.1) is 0 Å². The van der Waals surface area contributed by atoms with E-state index >= 15 is 0 Å². The third-order valence-corrected chi connectivity index (χ3v) is 2.93. The molecule has 0 aliphatic carbocycles. The monoisotopic (exact) mass is 237 g/mol. The van der Waals surface area contributed by atoms with E-state index in [4.69, 9.17) is 0 Å². The summed E-state index contributed by atoms with van der Waals surface area (Å²) in [5, 5.41) is 12.4. The quantitative estimate of drug-likeness (QED) is 0.889. The number of aryl methyl sites for hydroxylation is 1. The summed E-state index contributed by atoms with van der Waals surface area (Å²) in [6.07, 6.45) is 3.41. The van der Waals surface area contributed by atoms with Gasteiger partial charge in [-0.25, -0.2) is 0 Å². The normalized spacial score (nSPS) is 11.8. The van der Waals surface area contributed by atoms with E-state index in [2.05, 4.69) is 35.4 Å². The molecule has 0 aliphatic rings. The number of nitrogens with zero attached hydrogens (tertiary/aromatic N) is 2. The average Bonchev–Trinajstić information content (AvgIpc) is 2.42. The number of aromatic nitrogens is 1. The molecule has 2 rings (SSSR count). The molecule has 1 atom stereocenters. The van der Waals surface area contributed by atoms with Gasteiger partial charge in [0.15, 0.2) is 0 Å². The number of nitrogens with one attached hydrogen (secondary N) is 1. The maximum Gasteiger partial charge on any atom is 0.121 e. The Morgan fingerprint density at radius 1 is 1.22 bits per heavy atom. The van der Waals surface area contributed by atoms with E-state index in [1.54, 1.807) is 12.4 Å². The van der Waals surface area contributed by atoms with Gasteiger partial charge in [0.25, 0.3) is 0 Å². The second-order valence-electron chi connectivity index (χ2n) is 4.15. The smallest absolute Gasteiger partial charge is 0.121 e. The molecule has 1 unspecified atom stereocenters. The summed E-state index contributed by atoms with van der Waals surface area (Å²) in [5.74, 6) is 0. The summed E-state index contributed by atoms with van der Waals surface area (Å²) < 4.78 is 0. The highest BCUT2D eigenvalue weighted by molar-refractivity contribution is 5.27. The molecule has 0 saturated carbocycles. The van der Waals surface area contributed by atoms with Crippen LogP contribution in [0.3, 0.4) is 0 Å². The predicted octanol–water partition coefficient (Wildman–Crippen LogP) is 2.74. The fraction of sp³-hybridized carbons (Fsp3) is 0.200. The number of hydrogen-bond acceptors (Lipinski definition) is 3. The molecule has 3 nitrogen and oxygen atoms in total. The highest BCUT2D eigenvalue weighted by atomic mass is 14.9. The zero-order valence-electron chi connectivity index (χ0n) is 10.3. The molecule has 0 fully saturated rings. The fourth-order valence-electron chi connectivity index (χ4n) is 1.81. The van der Waals surface area contributed by atoms with Crippen molar-refractivity contribution in [3.63, 3.8) is 0 Å². The topological polar surface area (TPSA) is 48.7 Å². The molecule has 2 aromatic rings. The Bertz CT molecular complexity index is 543. The largest absolute Gasteiger partial charge is 0.294 e. The molecule has 0 aliphatic heterocycles. The molecule has 1 N–H and O–H groups in total. The van der Waals surface area contributed by atoms with Crippen LogP contribution in [0.4, 0.5) is 0 Å². The van der Waals surface area contributed by atoms with Crippen LogP contribution in [0.15, 0.2) is 48.8 Å². The zero-order valence-corrected chi connectivity index (χ0v) is 10.3. The van der Waals surface area contributed by atoms with Crippen molar-refractivity contribution in [1.29, 1.82) is 5.26 Å². The van der Waals surface area contributed by atoms with Crippen LogP contribution >= 0.6 is 0 Å². The molecule has 1 heterocycles. The first-order valence-corrected chi connectivity index (χ1v) is 5.88. The van der Waals surface area contributed by atoms with Gasteiger partial charge in [-0.1, -0.05) is 24.3 Å². The Morgan fingerprint density at radius 3 is 2.61 bits per heavy atom. The molecule has 0 radical (unpaired) electrons. The molecule has 90 valence electrons. The van der Waals surface area contributed by atoms with Crippen molar-refractivity contribution in [3.8, 4) is 6.07 Å². The van der Waals surface area contributed by atoms with E-state index in [1.165, 1.54) is 11.1 Å². The van der Waals surface area contributed by atoms with Gasteiger partial charge < -0.3 is 0 Å². The first kappa shape index (κ1) is 12.3. The Labute approximate surface area is 107 Å². The number of hydrogen-bond donors (Lipinski definition) is 1. The standard InChI is InChI=1S/C15H15N3/c1-12-4-2-3-5-14(12)11-18-15(10-16)13-6-8-17-9-7-13/h2-9,15,18H,11H2,1H3. The lowest BCUT2D eigenvalue weighted by molar-refractivity contribution is 0.628. The van der Waals surface area contributed by atoms with Gasteiger partial charge in [0.1, 0.15) is 6.04 Å². The first-order chi connectivity index (χ1) is 8.81. The maximum atomic E-state index is 9.19. The predicted molar refractivity (Wildman–Crippen MR) is 70.6 cm³/mol. The highest BCUT2D eigenvalue weighted by Gasteiger charge is 2.09. The fourth-order valence-corrected chi connectivity index (χ4v) is 1.81. The molecule has 1 aromatic carbocycles. The lowest BCUT2D eigenvalue weighted by Gasteiger charge is -2.12. The molecule has 1 aromatic heterocycles. The Hall–Kier alpha value is -2.18. The number of pyridine rings is 1. The van der Waals surface area contributed by atoms with E-state index in [0.717, 1.165) is 5.56 Å². The lowest BCUT2D eigenvalue weighted by Crippen LogP contribution is -2.19. The average molecular weight is 237 g/mol. The van der Waals surface area contributed by atoms with Crippen LogP contribution in [0.5, 0.6) is 0 Å². The molecule has 0 bridgehead atoms. The van der Waals surface area contributed by atoms with Crippen LogP contribution in [0.25, 0.3) is 0 Å². The minimum atomic E-state index is -0.299. The summed E-state index contributed by atoms with van der Waals surface area (Å²) in [5.41, 5.74) is 3.39. The van der Waals surface area contributed by atoms with Crippen molar-refractivity contribution >= 4 is 0 Å². The first-order valence-electron chi connectivity index (χ1n) is 5.88. The molecule has 0 saturated heterocycles. The van der Waals surface area contributed by atoms with Crippen LogP contribution in [-0.2, 0) is 6.54 Å². The van der Waals surface area contributed by atoms with Gasteiger partial charge >= 0.3 is 0 Å². The van der Waals surface area contributed by atoms with Gasteiger partial charge in [0.05, 0.1) is 6.07 Å². The van der Waals surface area contributed by atoms with E-state index in [-0.39, 0.29) is 6.04 Å². The summed E-state index contributed by atoms with van der Waals surface area (Å²) in [6, 6.07) is 13.9. The highest BCUT2D eigenvalue weighted by Crippen LogP contribution is 2.13. The molecular formula is C15H15N3. The molecule has 3 heteroatoms. The van der Waals surface area contributed by atoms with Crippen molar-refractivity contribution in [2.45, 2.75) is 19.5 Å². The minimum Gasteiger partial charge on any atom is -0.294 e. The summed E-state index contributed by atoms with van der Waals surface area (Å²) in [7, 11) is 0. The van der Waals surface area contributed by atoms with Crippen LogP contribution < -0.4 is 5.32 Å². The number of nitriles is 1. The summed E-state index contributed by atoms with van der Waals surface area (Å²) >= 11 is 0. The van der Waals surface area contributed by atoms with Crippen LogP contribution in [-0.4, -0.2) is 4.98 Å². The van der Waals surface area contributed by atoms with Gasteiger partial charge in [-0.2, -0.15) is 5.26 Å². The van der Waals surface area contributed by atoms with Crippen molar-refractivity contribution < 1.29 is 0 Å². The van der Waals surface area contributed by atoms with Gasteiger partial charge in [0, 0.05) is 18.9 Å². The molecule has 0 spiro atoms. The minimum absolute atomic E-state index is 0.299. The van der Waals surface area contributed by atoms with Crippen molar-refractivity contribution in [3.05, 3.63) is 65.5 Å². The van der Waals surface area contributed by atoms with Crippen molar-refractivity contribution in [2.24, 2.45) is 0 Å². The van der Waals surface area contributed by atoms with Crippen LogP contribution in [0.2, 0.25) is 0 Å². The third kappa shape index (κ3) is 2.93. The van der Waals surface area contributed by atoms with E-state index in [9.17, 15) is 5.26 Å². The second kappa shape index (κ2) is 5.95. The van der Waals surface area contributed by atoms with Crippen molar-refractivity contribution in [1.82, 2.24) is 10.3 Å². The molecular weight excluding hydrogens is 222 g/mol. The van der Waals surface area contributed by atoms with E-state index < -0.39 is 0 Å². The maximum absolute atomic E-state index is 9.19. The van der Waals surface area contributed by atoms with Crippen LogP contribution in [0, 0.1) is 18.3 Å². The summed E-state index contributed by atoms with van der Waals surface area (Å²) in [6.45, 7) is 2.76. The number of benzene rings is 1. The third-order valence-electron chi connectivity index (χ3n) is 2.93. The number of rotatable bonds is 4. The Kier molecular flexibility index (Phi) is 4.06. The SMILES string of the molecule is Cc1ccccc1CNC(C#N)c1ccncc1. The molecule has 0 amide bonds. The van der Waals surface area contributed by atoms with Gasteiger partial charge in [0.2, 0.25) is 0 Å². The van der Waals surface area contributed by atoms with E-state index in [1.807, 2.05) is 24.3 Å². The van der Waals surface area contributed by atoms with Crippen LogP contribution in [0.1, 0.15) is 22.7 Å². The molecule has 18 heavy (non-hydrogen) atoms. The Balaban J connectivity index is 2.05. The van der Waals surface area contributed by atoms with Gasteiger partial charge in [-0.05, 0) is 35.7 Å². The lowest BCUT2D eigenvalue weighted by atomic mass is 10.1. The van der Waals surface area contributed by atoms with E-state index in [0.29, 0.717) is 6.54 Å².